The predicted molar refractivity (Wildman–Crippen MR) is 136 cm³/mol. The van der Waals surface area contributed by atoms with Gasteiger partial charge in [-0.2, -0.15) is 10.4 Å². The van der Waals surface area contributed by atoms with Gasteiger partial charge in [-0.05, 0) is 35.9 Å². The first-order chi connectivity index (χ1) is 17.2. The highest BCUT2D eigenvalue weighted by atomic mass is 35.5. The standard InChI is InChI=1S/C25H23ClN8O/c1-35-23-4-3-17(12-21(23)26)15-30-24-19-11-18(14-27)13-22(20(19)16-31-32-24)33-7-9-34(10-8-33)25-28-5-2-6-29-25/h2-6,11-13,16H,7-10,15H2,1H3,(H,30,32). The third-order valence-corrected chi connectivity index (χ3v) is 6.31. The number of rotatable bonds is 6. The van der Waals surface area contributed by atoms with Gasteiger partial charge in [0.1, 0.15) is 5.75 Å². The maximum atomic E-state index is 9.71. The van der Waals surface area contributed by atoms with Crippen LogP contribution in [0, 0.1) is 11.3 Å². The van der Waals surface area contributed by atoms with Crippen LogP contribution in [-0.4, -0.2) is 53.5 Å². The van der Waals surface area contributed by atoms with Gasteiger partial charge in [0.05, 0.1) is 30.0 Å². The number of aromatic nitrogens is 4. The van der Waals surface area contributed by atoms with Crippen molar-refractivity contribution < 1.29 is 4.74 Å². The second-order valence-electron chi connectivity index (χ2n) is 8.11. The number of ether oxygens (including phenoxy) is 1. The monoisotopic (exact) mass is 486 g/mol. The molecule has 0 spiro atoms. The summed E-state index contributed by atoms with van der Waals surface area (Å²) in [6, 6.07) is 13.5. The highest BCUT2D eigenvalue weighted by Crippen LogP contribution is 2.33. The van der Waals surface area contributed by atoms with E-state index in [0.29, 0.717) is 28.7 Å². The van der Waals surface area contributed by atoms with Gasteiger partial charge < -0.3 is 19.9 Å². The molecule has 10 heteroatoms. The molecule has 0 aliphatic carbocycles. The first-order valence-corrected chi connectivity index (χ1v) is 11.6. The normalized spacial score (nSPS) is 13.5. The van der Waals surface area contributed by atoms with Gasteiger partial charge in [-0.15, -0.1) is 5.10 Å². The second kappa shape index (κ2) is 9.99. The van der Waals surface area contributed by atoms with Crippen molar-refractivity contribution in [2.75, 3.05) is 48.4 Å². The molecule has 3 heterocycles. The Morgan fingerprint density at radius 2 is 1.83 bits per heavy atom. The fourth-order valence-corrected chi connectivity index (χ4v) is 4.51. The molecule has 0 amide bonds. The van der Waals surface area contributed by atoms with Crippen LogP contribution < -0.4 is 19.9 Å². The van der Waals surface area contributed by atoms with Crippen LogP contribution in [0.3, 0.4) is 0 Å². The highest BCUT2D eigenvalue weighted by molar-refractivity contribution is 6.32. The highest BCUT2D eigenvalue weighted by Gasteiger charge is 2.22. The average Bonchev–Trinajstić information content (AvgIpc) is 2.92. The SMILES string of the molecule is COc1ccc(CNc2nncc3c(N4CCN(c5ncccn5)CC4)cc(C#N)cc23)cc1Cl. The molecule has 1 saturated heterocycles. The number of benzene rings is 2. The Bertz CT molecular complexity index is 1380. The summed E-state index contributed by atoms with van der Waals surface area (Å²) in [7, 11) is 1.59. The number of nitriles is 1. The van der Waals surface area contributed by atoms with Gasteiger partial charge in [0.2, 0.25) is 5.95 Å². The van der Waals surface area contributed by atoms with Crippen LogP contribution in [0.15, 0.2) is 55.0 Å². The lowest BCUT2D eigenvalue weighted by atomic mass is 10.1. The Morgan fingerprint density at radius 3 is 2.54 bits per heavy atom. The summed E-state index contributed by atoms with van der Waals surface area (Å²) in [5, 5.41) is 24.0. The summed E-state index contributed by atoms with van der Waals surface area (Å²) in [6.45, 7) is 3.61. The number of hydrogen-bond acceptors (Lipinski definition) is 9. The number of nitrogens with zero attached hydrogens (tertiary/aromatic N) is 7. The molecule has 1 aliphatic rings. The van der Waals surface area contributed by atoms with Crippen molar-refractivity contribution in [3.63, 3.8) is 0 Å². The lowest BCUT2D eigenvalue weighted by molar-refractivity contribution is 0.415. The zero-order valence-corrected chi connectivity index (χ0v) is 19.9. The number of anilines is 3. The van der Waals surface area contributed by atoms with Gasteiger partial charge in [-0.1, -0.05) is 17.7 Å². The quantitative estimate of drug-likeness (QED) is 0.434. The Kier molecular flexibility index (Phi) is 6.46. The molecule has 0 atom stereocenters. The Hall–Kier alpha value is -4.16. The van der Waals surface area contributed by atoms with Crippen LogP contribution in [-0.2, 0) is 6.54 Å². The van der Waals surface area contributed by atoms with Crippen molar-refractivity contribution in [1.82, 2.24) is 20.2 Å². The van der Waals surface area contributed by atoms with E-state index < -0.39 is 0 Å². The molecule has 2 aromatic carbocycles. The molecule has 0 bridgehead atoms. The summed E-state index contributed by atoms with van der Waals surface area (Å²) >= 11 is 6.27. The third-order valence-electron chi connectivity index (χ3n) is 6.02. The maximum absolute atomic E-state index is 9.71. The zero-order valence-electron chi connectivity index (χ0n) is 19.1. The fraction of sp³-hybridized carbons (Fsp3) is 0.240. The molecule has 1 N–H and O–H groups in total. The van der Waals surface area contributed by atoms with Gasteiger partial charge in [0.15, 0.2) is 5.82 Å². The largest absolute Gasteiger partial charge is 0.495 e. The van der Waals surface area contributed by atoms with E-state index in [1.165, 1.54) is 0 Å². The number of halogens is 1. The summed E-state index contributed by atoms with van der Waals surface area (Å²) in [4.78, 5) is 13.2. The van der Waals surface area contributed by atoms with Gasteiger partial charge in [-0.3, -0.25) is 0 Å². The van der Waals surface area contributed by atoms with E-state index in [9.17, 15) is 5.26 Å². The van der Waals surface area contributed by atoms with E-state index in [-0.39, 0.29) is 0 Å². The molecular formula is C25H23ClN8O. The first-order valence-electron chi connectivity index (χ1n) is 11.2. The molecule has 0 unspecified atom stereocenters. The molecule has 2 aromatic heterocycles. The van der Waals surface area contributed by atoms with Crippen LogP contribution >= 0.6 is 11.6 Å². The van der Waals surface area contributed by atoms with E-state index in [0.717, 1.165) is 54.2 Å². The van der Waals surface area contributed by atoms with Crippen molar-refractivity contribution in [3.8, 4) is 11.8 Å². The molecule has 1 fully saturated rings. The Balaban J connectivity index is 1.40. The molecule has 9 nitrogen and oxygen atoms in total. The van der Waals surface area contributed by atoms with E-state index in [1.807, 2.05) is 36.4 Å². The zero-order chi connectivity index (χ0) is 24.2. The Morgan fingerprint density at radius 1 is 1.06 bits per heavy atom. The molecule has 0 radical (unpaired) electrons. The van der Waals surface area contributed by atoms with Crippen molar-refractivity contribution >= 4 is 39.8 Å². The van der Waals surface area contributed by atoms with Crippen LogP contribution in [0.25, 0.3) is 10.8 Å². The lowest BCUT2D eigenvalue weighted by Crippen LogP contribution is -2.47. The Labute approximate surface area is 208 Å². The molecule has 4 aromatic rings. The summed E-state index contributed by atoms with van der Waals surface area (Å²) in [6.07, 6.45) is 5.27. The van der Waals surface area contributed by atoms with Gasteiger partial charge in [0, 0.05) is 61.6 Å². The van der Waals surface area contributed by atoms with Crippen molar-refractivity contribution in [1.29, 1.82) is 5.26 Å². The number of hydrogen-bond donors (Lipinski definition) is 1. The van der Waals surface area contributed by atoms with Crippen molar-refractivity contribution in [2.45, 2.75) is 6.54 Å². The topological polar surface area (TPSA) is 103 Å². The fourth-order valence-electron chi connectivity index (χ4n) is 4.23. The summed E-state index contributed by atoms with van der Waals surface area (Å²) in [5.74, 6) is 1.98. The lowest BCUT2D eigenvalue weighted by Gasteiger charge is -2.36. The van der Waals surface area contributed by atoms with E-state index >= 15 is 0 Å². The first kappa shape index (κ1) is 22.6. The summed E-state index contributed by atoms with van der Waals surface area (Å²) < 4.78 is 5.23. The number of methoxy groups -OCH3 is 1. The third kappa shape index (κ3) is 4.74. The molecular weight excluding hydrogens is 464 g/mol. The smallest absolute Gasteiger partial charge is 0.225 e. The number of nitrogens with one attached hydrogen (secondary N) is 1. The second-order valence-corrected chi connectivity index (χ2v) is 8.51. The molecule has 1 aliphatic heterocycles. The van der Waals surface area contributed by atoms with Crippen LogP contribution in [0.1, 0.15) is 11.1 Å². The number of fused-ring (bicyclic) bond motifs is 1. The van der Waals surface area contributed by atoms with E-state index in [4.69, 9.17) is 16.3 Å². The van der Waals surface area contributed by atoms with Gasteiger partial charge in [0.25, 0.3) is 0 Å². The number of piperazine rings is 1. The van der Waals surface area contributed by atoms with Gasteiger partial charge >= 0.3 is 0 Å². The summed E-state index contributed by atoms with van der Waals surface area (Å²) in [5.41, 5.74) is 2.52. The minimum Gasteiger partial charge on any atom is -0.495 e. The van der Waals surface area contributed by atoms with Crippen molar-refractivity contribution in [2.24, 2.45) is 0 Å². The minimum absolute atomic E-state index is 0.499. The molecule has 5 rings (SSSR count). The predicted octanol–water partition coefficient (Wildman–Crippen LogP) is 3.89. The van der Waals surface area contributed by atoms with Gasteiger partial charge in [-0.25, -0.2) is 9.97 Å². The van der Waals surface area contributed by atoms with Crippen LogP contribution in [0.5, 0.6) is 5.75 Å². The molecule has 176 valence electrons. The van der Waals surface area contributed by atoms with E-state index in [2.05, 4.69) is 41.4 Å². The van der Waals surface area contributed by atoms with E-state index in [1.54, 1.807) is 25.7 Å². The molecule has 0 saturated carbocycles. The van der Waals surface area contributed by atoms with Crippen LogP contribution in [0.4, 0.5) is 17.5 Å². The maximum Gasteiger partial charge on any atom is 0.225 e. The van der Waals surface area contributed by atoms with Crippen molar-refractivity contribution in [3.05, 3.63) is 71.1 Å². The van der Waals surface area contributed by atoms with Crippen LogP contribution in [0.2, 0.25) is 5.02 Å². The average molecular weight is 487 g/mol. The molecule has 35 heavy (non-hydrogen) atoms. The minimum atomic E-state index is 0.499.